The third-order valence-electron chi connectivity index (χ3n) is 10.2. The minimum atomic E-state index is -3.54. The van der Waals surface area contributed by atoms with Crippen molar-refractivity contribution in [3.05, 3.63) is 168 Å². The number of allylic oxidation sites excluding steroid dienone is 2. The summed E-state index contributed by atoms with van der Waals surface area (Å²) in [4.78, 5) is 18.4. The molecule has 6 N–H and O–H groups in total. The number of aliphatic hydroxyl groups is 2. The quantitative estimate of drug-likeness (QED) is 0.0498. The minimum Gasteiger partial charge on any atom is -0.388 e. The molecule has 0 radical (unpaired) electrons. The van der Waals surface area contributed by atoms with Gasteiger partial charge in [0.05, 0.1) is 37.6 Å². The molecule has 2 unspecified atom stereocenters. The second-order valence-corrected chi connectivity index (χ2v) is 16.3. The summed E-state index contributed by atoms with van der Waals surface area (Å²) in [6.45, 7) is 8.24. The summed E-state index contributed by atoms with van der Waals surface area (Å²) in [5.41, 5.74) is 8.50. The van der Waals surface area contributed by atoms with Gasteiger partial charge in [0.15, 0.2) is 0 Å². The first-order valence-electron chi connectivity index (χ1n) is 19.0. The summed E-state index contributed by atoms with van der Waals surface area (Å²) in [5, 5.41) is 27.6. The van der Waals surface area contributed by atoms with Crippen molar-refractivity contribution >= 4 is 13.6 Å². The molecule has 292 valence electrons. The zero-order chi connectivity index (χ0) is 39.2. The van der Waals surface area contributed by atoms with E-state index in [2.05, 4.69) is 17.6 Å². The normalized spacial score (nSPS) is 20.5. The summed E-state index contributed by atoms with van der Waals surface area (Å²) in [7, 11) is -3.54. The third kappa shape index (κ3) is 11.6. The zero-order valence-electron chi connectivity index (χ0n) is 31.9. The fourth-order valence-corrected chi connectivity index (χ4v) is 8.64. The maximum absolute atomic E-state index is 15.1. The molecule has 5 rings (SSSR count). The van der Waals surface area contributed by atoms with Crippen molar-refractivity contribution in [3.63, 3.8) is 0 Å². The number of urea groups is 1. The van der Waals surface area contributed by atoms with Gasteiger partial charge in [-0.2, -0.15) is 0 Å². The minimum absolute atomic E-state index is 0.146. The van der Waals surface area contributed by atoms with E-state index < -0.39 is 44.1 Å². The van der Waals surface area contributed by atoms with Crippen molar-refractivity contribution in [2.75, 3.05) is 12.7 Å². The first-order chi connectivity index (χ1) is 26.6. The van der Waals surface area contributed by atoms with Crippen LogP contribution in [0.25, 0.3) is 0 Å². The molecule has 2 amide bonds. The number of rotatable bonds is 19. The van der Waals surface area contributed by atoms with Gasteiger partial charge in [-0.15, -0.1) is 0 Å². The topological polar surface area (TPSA) is 139 Å². The lowest BCUT2D eigenvalue weighted by Crippen LogP contribution is -2.63. The lowest BCUT2D eigenvalue weighted by Gasteiger charge is -2.41. The Hall–Kier alpha value is -4.38. The predicted octanol–water partition coefficient (Wildman–Crippen LogP) is 6.32. The Morgan fingerprint density at radius 2 is 1.18 bits per heavy atom. The number of carbonyl (C=O) groups is 1. The van der Waals surface area contributed by atoms with Crippen molar-refractivity contribution < 1.29 is 34.4 Å². The standard InChI is InChI=1S/C44H55N4O6P/c1-4-18-39(45)33(2)47-40(29-35-19-9-5-10-20-35)42(49)43(50)41(30-36-21-11-6-12-22-36)48(44(47)51)34(3)46-27-17-28-55(52,53-31-37-23-13-7-14-24-37)54-32-38-25-15-8-16-26-38/h4-16,18-26,33-34,40-43,46,49-50H,1,17,27-32,45H2,2-3H3/p+1/b39-18+/t33?,34?,40-,41-,42+,43+/m1/s1. The molecule has 0 aliphatic carbocycles. The second-order valence-electron chi connectivity index (χ2n) is 14.1. The van der Waals surface area contributed by atoms with Crippen LogP contribution in [0.1, 0.15) is 42.5 Å². The van der Waals surface area contributed by atoms with Crippen LogP contribution >= 0.6 is 7.60 Å². The van der Waals surface area contributed by atoms with Gasteiger partial charge in [0.25, 0.3) is 0 Å². The van der Waals surface area contributed by atoms with Gasteiger partial charge < -0.3 is 34.8 Å². The van der Waals surface area contributed by atoms with E-state index in [1.54, 1.807) is 22.0 Å². The molecule has 4 aromatic carbocycles. The maximum atomic E-state index is 15.1. The average Bonchev–Trinajstić information content (AvgIpc) is 3.28. The van der Waals surface area contributed by atoms with Crippen LogP contribution in [0.3, 0.4) is 0 Å². The van der Waals surface area contributed by atoms with Crippen molar-refractivity contribution in [2.24, 2.45) is 0 Å². The van der Waals surface area contributed by atoms with E-state index in [-0.39, 0.29) is 25.4 Å². The van der Waals surface area contributed by atoms with E-state index in [1.807, 2.05) is 135 Å². The molecule has 0 aromatic heterocycles. The van der Waals surface area contributed by atoms with Gasteiger partial charge in [0, 0.05) is 0 Å². The van der Waals surface area contributed by atoms with Gasteiger partial charge >= 0.3 is 13.6 Å². The van der Waals surface area contributed by atoms with Crippen LogP contribution in [0.5, 0.6) is 0 Å². The molecule has 10 nitrogen and oxygen atoms in total. The summed E-state index contributed by atoms with van der Waals surface area (Å²) in [6.07, 6.45) is 1.44. The molecule has 0 saturated carbocycles. The summed E-state index contributed by atoms with van der Waals surface area (Å²) < 4.78 is 26.1. The van der Waals surface area contributed by atoms with Crippen molar-refractivity contribution in [2.45, 2.75) is 82.8 Å². The Bertz CT molecular complexity index is 1800. The molecule has 6 atom stereocenters. The van der Waals surface area contributed by atoms with Gasteiger partial charge in [-0.3, -0.25) is 9.88 Å². The van der Waals surface area contributed by atoms with Crippen LogP contribution < -0.4 is 11.1 Å². The Balaban J connectivity index is 1.39. The fraction of sp³-hybridized carbons (Fsp3) is 0.341. The van der Waals surface area contributed by atoms with Gasteiger partial charge in [-0.1, -0.05) is 134 Å². The molecular weight excluding hydrogens is 711 g/mol. The van der Waals surface area contributed by atoms with Crippen LogP contribution in [-0.4, -0.2) is 75.2 Å². The number of hydrogen-bond donors (Lipinski definition) is 4. The molecule has 4 aromatic rings. The van der Waals surface area contributed by atoms with Crippen LogP contribution in [0.2, 0.25) is 0 Å². The van der Waals surface area contributed by atoms with Crippen molar-refractivity contribution in [1.82, 2.24) is 15.1 Å². The van der Waals surface area contributed by atoms with E-state index in [0.29, 0.717) is 31.5 Å². The zero-order valence-corrected chi connectivity index (χ0v) is 32.8. The Morgan fingerprint density at radius 1 is 0.764 bits per heavy atom. The Kier molecular flexibility index (Phi) is 15.6. The second kappa shape index (κ2) is 20.5. The van der Waals surface area contributed by atoms with Gasteiger partial charge in [0.1, 0.15) is 23.9 Å². The molecule has 1 heterocycles. The number of quaternary nitrogens is 1. The first-order valence-corrected chi connectivity index (χ1v) is 20.7. The van der Waals surface area contributed by atoms with Gasteiger partial charge in [-0.25, -0.2) is 4.79 Å². The monoisotopic (exact) mass is 767 g/mol. The summed E-state index contributed by atoms with van der Waals surface area (Å²) in [6, 6.07) is 36.0. The molecule has 1 aliphatic heterocycles. The van der Waals surface area contributed by atoms with E-state index in [4.69, 9.17) is 9.05 Å². The summed E-state index contributed by atoms with van der Waals surface area (Å²) >= 11 is 0. The highest BCUT2D eigenvalue weighted by atomic mass is 31.2. The van der Waals surface area contributed by atoms with E-state index in [9.17, 15) is 14.8 Å². The SMILES string of the molecule is C=C/C=C(/[NH3+])C(C)N1C(=O)N(C(C)NCCCP(=O)(OCc2ccccc2)OCc2ccccc2)[C@H](Cc2ccccc2)[C@H](O)[C@@H](O)[C@H]1Cc1ccccc1. The lowest BCUT2D eigenvalue weighted by molar-refractivity contribution is -0.314. The van der Waals surface area contributed by atoms with Crippen molar-refractivity contribution in [3.8, 4) is 0 Å². The van der Waals surface area contributed by atoms with E-state index >= 15 is 4.79 Å². The van der Waals surface area contributed by atoms with E-state index in [0.717, 1.165) is 22.3 Å². The number of nitrogens with one attached hydrogen (secondary N) is 1. The smallest absolute Gasteiger partial charge is 0.331 e. The molecule has 1 saturated heterocycles. The number of benzene rings is 4. The number of hydrogen-bond acceptors (Lipinski definition) is 7. The first kappa shape index (κ1) is 41.8. The predicted molar refractivity (Wildman–Crippen MR) is 217 cm³/mol. The Labute approximate surface area is 325 Å². The maximum Gasteiger partial charge on any atom is 0.331 e. The van der Waals surface area contributed by atoms with E-state index in [1.165, 1.54) is 0 Å². The lowest BCUT2D eigenvalue weighted by atomic mass is 9.90. The molecule has 11 heteroatoms. The number of nitrogens with zero attached hydrogens (tertiary/aromatic N) is 2. The molecule has 1 aliphatic rings. The highest BCUT2D eigenvalue weighted by Gasteiger charge is 2.49. The summed E-state index contributed by atoms with van der Waals surface area (Å²) in [5.74, 6) is 0. The average molecular weight is 768 g/mol. The molecule has 0 spiro atoms. The number of aliphatic hydroxyl groups excluding tert-OH is 2. The van der Waals surface area contributed by atoms with Crippen LogP contribution in [0.15, 0.2) is 146 Å². The number of carbonyl (C=O) groups excluding carboxylic acids is 1. The highest BCUT2D eigenvalue weighted by Crippen LogP contribution is 2.50. The fourth-order valence-electron chi connectivity index (χ4n) is 7.07. The van der Waals surface area contributed by atoms with Gasteiger partial charge in [-0.05, 0) is 68.0 Å². The highest BCUT2D eigenvalue weighted by molar-refractivity contribution is 7.53. The Morgan fingerprint density at radius 3 is 1.62 bits per heavy atom. The van der Waals surface area contributed by atoms with Gasteiger partial charge in [0.2, 0.25) is 0 Å². The third-order valence-corrected chi connectivity index (χ3v) is 12.1. The van der Waals surface area contributed by atoms with Crippen molar-refractivity contribution in [1.29, 1.82) is 0 Å². The molecule has 1 fully saturated rings. The molecular formula is C44H56N4O6P+. The number of amides is 2. The van der Waals surface area contributed by atoms with Crippen LogP contribution in [0, 0.1) is 0 Å². The molecule has 0 bridgehead atoms. The molecule has 55 heavy (non-hydrogen) atoms. The largest absolute Gasteiger partial charge is 0.388 e. The van der Waals surface area contributed by atoms with Crippen LogP contribution in [0.4, 0.5) is 4.79 Å². The van der Waals surface area contributed by atoms with Crippen LogP contribution in [-0.2, 0) is 39.7 Å².